The Morgan fingerprint density at radius 2 is 2.20 bits per heavy atom. The van der Waals surface area contributed by atoms with Gasteiger partial charge in [0, 0.05) is 18.2 Å². The van der Waals surface area contributed by atoms with Gasteiger partial charge in [-0.25, -0.2) is 0 Å². The Morgan fingerprint density at radius 1 is 1.53 bits per heavy atom. The van der Waals surface area contributed by atoms with E-state index in [0.717, 1.165) is 0 Å². The van der Waals surface area contributed by atoms with Gasteiger partial charge < -0.3 is 20.7 Å². The lowest BCUT2D eigenvalue weighted by Gasteiger charge is -2.14. The molecule has 0 aliphatic heterocycles. The van der Waals surface area contributed by atoms with E-state index in [1.165, 1.54) is 6.07 Å². The zero-order chi connectivity index (χ0) is 11.4. The Balaban J connectivity index is 3.06. The van der Waals surface area contributed by atoms with Gasteiger partial charge in [-0.2, -0.15) is 0 Å². The molecule has 1 unspecified atom stereocenters. The molecule has 0 fully saturated rings. The number of aromatic hydroxyl groups is 1. The number of halogens is 1. The molecule has 0 radical (unpaired) electrons. The van der Waals surface area contributed by atoms with Crippen molar-refractivity contribution in [3.05, 3.63) is 22.2 Å². The van der Waals surface area contributed by atoms with E-state index in [4.69, 9.17) is 15.6 Å². The molecule has 1 rings (SSSR count). The van der Waals surface area contributed by atoms with Gasteiger partial charge in [0.25, 0.3) is 0 Å². The number of hydrogen-bond donors (Lipinski definition) is 3. The largest absolute Gasteiger partial charge is 0.508 e. The Kier molecular flexibility index (Phi) is 4.38. The van der Waals surface area contributed by atoms with Crippen LogP contribution in [-0.4, -0.2) is 23.9 Å². The lowest BCUT2D eigenvalue weighted by atomic mass is 10.0. The molecule has 0 spiro atoms. The molecule has 0 aliphatic carbocycles. The molecule has 0 aromatic heterocycles. The molecule has 0 bridgehead atoms. The third-order valence-electron chi connectivity index (χ3n) is 2.14. The van der Waals surface area contributed by atoms with Gasteiger partial charge in [-0.1, -0.05) is 0 Å². The minimum absolute atomic E-state index is 0.0149. The van der Waals surface area contributed by atoms with E-state index < -0.39 is 6.04 Å². The van der Waals surface area contributed by atoms with Crippen LogP contribution in [0.25, 0.3) is 0 Å². The summed E-state index contributed by atoms with van der Waals surface area (Å²) in [5, 5.41) is 18.4. The van der Waals surface area contributed by atoms with Crippen LogP contribution in [0, 0.1) is 0 Å². The Hall–Kier alpha value is -0.780. The molecule has 0 amide bonds. The molecule has 0 aliphatic rings. The first-order valence-electron chi connectivity index (χ1n) is 4.53. The van der Waals surface area contributed by atoms with Crippen molar-refractivity contribution in [2.45, 2.75) is 12.5 Å². The monoisotopic (exact) mass is 275 g/mol. The van der Waals surface area contributed by atoms with Crippen molar-refractivity contribution < 1.29 is 14.9 Å². The maximum Gasteiger partial charge on any atom is 0.133 e. The van der Waals surface area contributed by atoms with Gasteiger partial charge in [-0.3, -0.25) is 0 Å². The molecule has 1 aromatic rings. The molecule has 84 valence electrons. The van der Waals surface area contributed by atoms with Crippen LogP contribution in [0.15, 0.2) is 16.6 Å². The first-order valence-corrected chi connectivity index (χ1v) is 5.32. The number of hydrogen-bond acceptors (Lipinski definition) is 4. The fourth-order valence-corrected chi connectivity index (χ4v) is 1.80. The van der Waals surface area contributed by atoms with Crippen LogP contribution in [0.1, 0.15) is 18.0 Å². The second-order valence-electron chi connectivity index (χ2n) is 3.16. The third-order valence-corrected chi connectivity index (χ3v) is 2.76. The minimum atomic E-state index is -0.392. The highest BCUT2D eigenvalue weighted by atomic mass is 79.9. The van der Waals surface area contributed by atoms with E-state index in [1.807, 2.05) is 0 Å². The molecule has 1 atom stereocenters. The van der Waals surface area contributed by atoms with E-state index in [9.17, 15) is 5.11 Å². The van der Waals surface area contributed by atoms with Crippen molar-refractivity contribution in [2.24, 2.45) is 5.73 Å². The number of aliphatic hydroxyl groups is 1. The van der Waals surface area contributed by atoms with Gasteiger partial charge >= 0.3 is 0 Å². The van der Waals surface area contributed by atoms with Crippen LogP contribution in [0.5, 0.6) is 11.5 Å². The van der Waals surface area contributed by atoms with Crippen LogP contribution in [0.4, 0.5) is 0 Å². The highest BCUT2D eigenvalue weighted by molar-refractivity contribution is 9.10. The summed E-state index contributed by atoms with van der Waals surface area (Å²) in [6.45, 7) is -0.0149. The predicted octanol–water partition coefficient (Wildman–Crippen LogP) is 1.55. The summed E-state index contributed by atoms with van der Waals surface area (Å²) in [5.74, 6) is 0.708. The zero-order valence-electron chi connectivity index (χ0n) is 8.40. The summed E-state index contributed by atoms with van der Waals surface area (Å²) in [5.41, 5.74) is 6.36. The smallest absolute Gasteiger partial charge is 0.133 e. The highest BCUT2D eigenvalue weighted by Crippen LogP contribution is 2.35. The standard InChI is InChI=1S/C10H14BrNO3/c1-15-10-4-6(8(12)2-3-13)9(14)5-7(10)11/h4-5,8,13-14H,2-3,12H2,1H3. The average molecular weight is 276 g/mol. The quantitative estimate of drug-likeness (QED) is 0.779. The summed E-state index contributed by atoms with van der Waals surface area (Å²) in [6.07, 6.45) is 0.401. The van der Waals surface area contributed by atoms with Crippen molar-refractivity contribution in [3.8, 4) is 11.5 Å². The topological polar surface area (TPSA) is 75.7 Å². The van der Waals surface area contributed by atoms with Gasteiger partial charge in [-0.15, -0.1) is 0 Å². The van der Waals surface area contributed by atoms with E-state index in [-0.39, 0.29) is 12.4 Å². The number of rotatable bonds is 4. The van der Waals surface area contributed by atoms with Gasteiger partial charge in [0.05, 0.1) is 11.6 Å². The normalized spacial score (nSPS) is 12.5. The number of phenols is 1. The lowest BCUT2D eigenvalue weighted by molar-refractivity contribution is 0.275. The summed E-state index contributed by atoms with van der Waals surface area (Å²) in [7, 11) is 1.54. The fraction of sp³-hybridized carbons (Fsp3) is 0.400. The molecule has 0 heterocycles. The molecule has 1 aromatic carbocycles. The Bertz CT molecular complexity index is 344. The summed E-state index contributed by atoms with van der Waals surface area (Å²) < 4.78 is 5.76. The van der Waals surface area contributed by atoms with Crippen LogP contribution < -0.4 is 10.5 Å². The van der Waals surface area contributed by atoms with Crippen molar-refractivity contribution in [1.29, 1.82) is 0 Å². The molecule has 4 nitrogen and oxygen atoms in total. The van der Waals surface area contributed by atoms with Gasteiger partial charge in [0.1, 0.15) is 11.5 Å². The van der Waals surface area contributed by atoms with Gasteiger partial charge in [-0.05, 0) is 34.5 Å². The maximum atomic E-state index is 9.66. The van der Waals surface area contributed by atoms with Crippen LogP contribution >= 0.6 is 15.9 Å². The van der Waals surface area contributed by atoms with E-state index in [1.54, 1.807) is 13.2 Å². The van der Waals surface area contributed by atoms with Gasteiger partial charge in [0.2, 0.25) is 0 Å². The second-order valence-corrected chi connectivity index (χ2v) is 4.02. The Labute approximate surface area is 96.8 Å². The summed E-state index contributed by atoms with van der Waals surface area (Å²) in [4.78, 5) is 0. The van der Waals surface area contributed by atoms with Crippen molar-refractivity contribution in [1.82, 2.24) is 0 Å². The molecular formula is C10H14BrNO3. The van der Waals surface area contributed by atoms with Crippen LogP contribution in [0.2, 0.25) is 0 Å². The number of ether oxygens (including phenoxy) is 1. The minimum Gasteiger partial charge on any atom is -0.508 e. The summed E-state index contributed by atoms with van der Waals surface area (Å²) in [6, 6.07) is 2.81. The maximum absolute atomic E-state index is 9.66. The molecule has 15 heavy (non-hydrogen) atoms. The molecule has 5 heteroatoms. The van der Waals surface area contributed by atoms with E-state index in [0.29, 0.717) is 22.2 Å². The van der Waals surface area contributed by atoms with Crippen molar-refractivity contribution >= 4 is 15.9 Å². The molecule has 4 N–H and O–H groups in total. The fourth-order valence-electron chi connectivity index (χ4n) is 1.31. The number of phenolic OH excluding ortho intramolecular Hbond substituents is 1. The van der Waals surface area contributed by atoms with Crippen molar-refractivity contribution in [3.63, 3.8) is 0 Å². The lowest BCUT2D eigenvalue weighted by Crippen LogP contribution is -2.12. The first kappa shape index (κ1) is 12.3. The van der Waals surface area contributed by atoms with Crippen LogP contribution in [0.3, 0.4) is 0 Å². The van der Waals surface area contributed by atoms with E-state index in [2.05, 4.69) is 15.9 Å². The molecular weight excluding hydrogens is 262 g/mol. The zero-order valence-corrected chi connectivity index (χ0v) is 9.99. The molecule has 0 saturated carbocycles. The summed E-state index contributed by atoms with van der Waals surface area (Å²) >= 11 is 3.25. The second kappa shape index (κ2) is 5.34. The number of aliphatic hydroxyl groups excluding tert-OH is 1. The highest BCUT2D eigenvalue weighted by Gasteiger charge is 2.14. The Morgan fingerprint density at radius 3 is 2.73 bits per heavy atom. The number of nitrogens with two attached hydrogens (primary N) is 1. The molecule has 0 saturated heterocycles. The predicted molar refractivity (Wildman–Crippen MR) is 61.0 cm³/mol. The van der Waals surface area contributed by atoms with Gasteiger partial charge in [0.15, 0.2) is 0 Å². The third kappa shape index (κ3) is 2.84. The first-order chi connectivity index (χ1) is 7.10. The van der Waals surface area contributed by atoms with Crippen molar-refractivity contribution in [2.75, 3.05) is 13.7 Å². The number of methoxy groups -OCH3 is 1. The SMILES string of the molecule is COc1cc(C(N)CCO)c(O)cc1Br. The number of benzene rings is 1. The van der Waals surface area contributed by atoms with E-state index >= 15 is 0 Å². The van der Waals surface area contributed by atoms with Crippen LogP contribution in [-0.2, 0) is 0 Å². The average Bonchev–Trinajstić information content (AvgIpc) is 2.18.